The minimum atomic E-state index is -0.482. The molecule has 0 bridgehead atoms. The summed E-state index contributed by atoms with van der Waals surface area (Å²) in [4.78, 5) is 14.0. The average Bonchev–Trinajstić information content (AvgIpc) is 2.46. The molecule has 5 nitrogen and oxygen atoms in total. The summed E-state index contributed by atoms with van der Waals surface area (Å²) in [7, 11) is 0. The summed E-state index contributed by atoms with van der Waals surface area (Å²) in [5.41, 5.74) is 1.13. The van der Waals surface area contributed by atoms with Crippen LogP contribution in [0.15, 0.2) is 22.7 Å². The van der Waals surface area contributed by atoms with E-state index in [0.29, 0.717) is 5.56 Å². The lowest BCUT2D eigenvalue weighted by Gasteiger charge is -2.34. The fraction of sp³-hybridized carbons (Fsp3) is 0.529. The van der Waals surface area contributed by atoms with E-state index in [-0.39, 0.29) is 12.1 Å². The van der Waals surface area contributed by atoms with Gasteiger partial charge in [0.2, 0.25) is 0 Å². The first-order valence-electron chi connectivity index (χ1n) is 7.72. The lowest BCUT2D eigenvalue weighted by atomic mass is 10.0. The van der Waals surface area contributed by atoms with Crippen molar-refractivity contribution in [3.8, 4) is 6.07 Å². The number of nitrogens with zero attached hydrogens (tertiary/aromatic N) is 2. The Hall–Kier alpha value is -1.74. The fourth-order valence-electron chi connectivity index (χ4n) is 2.61. The Morgan fingerprint density at radius 2 is 2.04 bits per heavy atom. The second kappa shape index (κ2) is 7.22. The minimum Gasteiger partial charge on any atom is -0.444 e. The lowest BCUT2D eigenvalue weighted by Crippen LogP contribution is -2.46. The number of ether oxygens (including phenoxy) is 1. The maximum Gasteiger partial charge on any atom is 0.407 e. The van der Waals surface area contributed by atoms with Gasteiger partial charge in [-0.2, -0.15) is 5.26 Å². The van der Waals surface area contributed by atoms with E-state index in [1.165, 1.54) is 0 Å². The molecule has 1 aliphatic rings. The van der Waals surface area contributed by atoms with Crippen molar-refractivity contribution in [1.82, 2.24) is 5.32 Å². The van der Waals surface area contributed by atoms with Gasteiger partial charge < -0.3 is 15.0 Å². The maximum atomic E-state index is 11.8. The maximum absolute atomic E-state index is 11.8. The Bertz CT molecular complexity index is 611. The average molecular weight is 380 g/mol. The Morgan fingerprint density at radius 1 is 1.39 bits per heavy atom. The molecule has 124 valence electrons. The fourth-order valence-corrected chi connectivity index (χ4v) is 2.97. The molecule has 0 spiro atoms. The van der Waals surface area contributed by atoms with Gasteiger partial charge in [-0.15, -0.1) is 0 Å². The number of carbonyl (C=O) groups excluding carboxylic acids is 1. The zero-order valence-electron chi connectivity index (χ0n) is 13.7. The number of hydrogen-bond acceptors (Lipinski definition) is 4. The Labute approximate surface area is 145 Å². The van der Waals surface area contributed by atoms with Crippen LogP contribution in [-0.2, 0) is 4.74 Å². The van der Waals surface area contributed by atoms with Crippen LogP contribution >= 0.6 is 15.9 Å². The smallest absolute Gasteiger partial charge is 0.407 e. The molecule has 0 saturated carbocycles. The SMILES string of the molecule is CC(C)(C)OC(=O)NC1CCN(c2ccc(Br)cc2C#N)CC1. The molecule has 1 aromatic rings. The van der Waals surface area contributed by atoms with E-state index in [9.17, 15) is 10.1 Å². The molecule has 23 heavy (non-hydrogen) atoms. The molecule has 0 atom stereocenters. The van der Waals surface area contributed by atoms with Gasteiger partial charge in [0.1, 0.15) is 11.7 Å². The molecule has 0 aromatic heterocycles. The number of alkyl carbamates (subject to hydrolysis) is 1. The molecule has 1 aromatic carbocycles. The number of nitriles is 1. The van der Waals surface area contributed by atoms with Crippen LogP contribution in [0.1, 0.15) is 39.2 Å². The zero-order chi connectivity index (χ0) is 17.0. The molecule has 1 fully saturated rings. The van der Waals surface area contributed by atoms with Crippen LogP contribution in [0.25, 0.3) is 0 Å². The van der Waals surface area contributed by atoms with E-state index in [1.807, 2.05) is 39.0 Å². The van der Waals surface area contributed by atoms with Crippen molar-refractivity contribution in [2.45, 2.75) is 45.3 Å². The Morgan fingerprint density at radius 3 is 2.61 bits per heavy atom. The highest BCUT2D eigenvalue weighted by Crippen LogP contribution is 2.26. The first-order chi connectivity index (χ1) is 10.8. The minimum absolute atomic E-state index is 0.113. The standard InChI is InChI=1S/C17H22BrN3O2/c1-17(2,3)23-16(22)20-14-6-8-21(9-7-14)15-5-4-13(18)10-12(15)11-19/h4-5,10,14H,6-9H2,1-3H3,(H,20,22). The second-order valence-electron chi connectivity index (χ2n) is 6.68. The molecular formula is C17H22BrN3O2. The van der Waals surface area contributed by atoms with E-state index in [0.717, 1.165) is 36.1 Å². The van der Waals surface area contributed by atoms with Gasteiger partial charge in [0.25, 0.3) is 0 Å². The molecule has 2 rings (SSSR count). The number of piperidine rings is 1. The summed E-state index contributed by atoms with van der Waals surface area (Å²) in [6.45, 7) is 7.16. The van der Waals surface area contributed by atoms with Crippen molar-refractivity contribution in [1.29, 1.82) is 5.26 Å². The predicted octanol–water partition coefficient (Wildman–Crippen LogP) is 3.81. The predicted molar refractivity (Wildman–Crippen MR) is 93.5 cm³/mol. The first kappa shape index (κ1) is 17.6. The third kappa shape index (κ3) is 5.14. The number of benzene rings is 1. The molecule has 0 aliphatic carbocycles. The van der Waals surface area contributed by atoms with Gasteiger partial charge in [-0.25, -0.2) is 4.79 Å². The largest absolute Gasteiger partial charge is 0.444 e. The van der Waals surface area contributed by atoms with Gasteiger partial charge in [0, 0.05) is 23.6 Å². The number of amides is 1. The summed E-state index contributed by atoms with van der Waals surface area (Å²) in [5, 5.41) is 12.2. The Balaban J connectivity index is 1.92. The highest BCUT2D eigenvalue weighted by molar-refractivity contribution is 9.10. The number of rotatable bonds is 2. The van der Waals surface area contributed by atoms with E-state index in [4.69, 9.17) is 4.74 Å². The van der Waals surface area contributed by atoms with Crippen molar-refractivity contribution < 1.29 is 9.53 Å². The third-order valence-electron chi connectivity index (χ3n) is 3.64. The normalized spacial score (nSPS) is 15.9. The molecule has 6 heteroatoms. The van der Waals surface area contributed by atoms with Crippen molar-refractivity contribution in [2.75, 3.05) is 18.0 Å². The number of hydrogen-bond donors (Lipinski definition) is 1. The van der Waals surface area contributed by atoms with Crippen LogP contribution in [0.4, 0.5) is 10.5 Å². The molecular weight excluding hydrogens is 358 g/mol. The highest BCUT2D eigenvalue weighted by atomic mass is 79.9. The van der Waals surface area contributed by atoms with Gasteiger partial charge in [-0.05, 0) is 51.8 Å². The molecule has 1 N–H and O–H groups in total. The van der Waals surface area contributed by atoms with Crippen LogP contribution in [0.2, 0.25) is 0 Å². The monoisotopic (exact) mass is 379 g/mol. The third-order valence-corrected chi connectivity index (χ3v) is 4.13. The quantitative estimate of drug-likeness (QED) is 0.847. The first-order valence-corrected chi connectivity index (χ1v) is 8.52. The summed E-state index contributed by atoms with van der Waals surface area (Å²) in [6.07, 6.45) is 1.30. The summed E-state index contributed by atoms with van der Waals surface area (Å²) in [6, 6.07) is 8.10. The van der Waals surface area contributed by atoms with Crippen molar-refractivity contribution in [3.63, 3.8) is 0 Å². The van der Waals surface area contributed by atoms with Crippen LogP contribution < -0.4 is 10.2 Å². The molecule has 1 saturated heterocycles. The highest BCUT2D eigenvalue weighted by Gasteiger charge is 2.24. The van der Waals surface area contributed by atoms with Crippen molar-refractivity contribution in [2.24, 2.45) is 0 Å². The molecule has 1 heterocycles. The van der Waals surface area contributed by atoms with Crippen molar-refractivity contribution in [3.05, 3.63) is 28.2 Å². The van der Waals surface area contributed by atoms with Gasteiger partial charge in [0.05, 0.1) is 11.3 Å². The number of carbonyl (C=O) groups is 1. The van der Waals surface area contributed by atoms with Crippen LogP contribution in [0.5, 0.6) is 0 Å². The Kier molecular flexibility index (Phi) is 5.53. The topological polar surface area (TPSA) is 65.4 Å². The molecule has 0 radical (unpaired) electrons. The molecule has 1 aliphatic heterocycles. The van der Waals surface area contributed by atoms with Gasteiger partial charge >= 0.3 is 6.09 Å². The van der Waals surface area contributed by atoms with E-state index >= 15 is 0 Å². The van der Waals surface area contributed by atoms with Gasteiger partial charge in [-0.3, -0.25) is 0 Å². The van der Waals surface area contributed by atoms with Crippen molar-refractivity contribution >= 4 is 27.7 Å². The summed E-state index contributed by atoms with van der Waals surface area (Å²) >= 11 is 3.39. The second-order valence-corrected chi connectivity index (χ2v) is 7.60. The number of halogens is 1. The van der Waals surface area contributed by atoms with E-state index in [1.54, 1.807) is 0 Å². The van der Waals surface area contributed by atoms with Gasteiger partial charge in [-0.1, -0.05) is 15.9 Å². The number of nitrogens with one attached hydrogen (secondary N) is 1. The summed E-state index contributed by atoms with van der Waals surface area (Å²) < 4.78 is 6.19. The number of anilines is 1. The summed E-state index contributed by atoms with van der Waals surface area (Å²) in [5.74, 6) is 0. The van der Waals surface area contributed by atoms with E-state index < -0.39 is 5.60 Å². The zero-order valence-corrected chi connectivity index (χ0v) is 15.3. The van der Waals surface area contributed by atoms with E-state index in [2.05, 4.69) is 32.2 Å². The van der Waals surface area contributed by atoms with Crippen LogP contribution in [0.3, 0.4) is 0 Å². The van der Waals surface area contributed by atoms with Gasteiger partial charge in [0.15, 0.2) is 0 Å². The lowest BCUT2D eigenvalue weighted by molar-refractivity contribution is 0.0497. The molecule has 0 unspecified atom stereocenters. The van der Waals surface area contributed by atoms with Crippen LogP contribution in [-0.4, -0.2) is 30.8 Å². The molecule has 1 amide bonds. The van der Waals surface area contributed by atoms with Crippen LogP contribution in [0, 0.1) is 11.3 Å².